The number of thiophene rings is 1. The van der Waals surface area contributed by atoms with Crippen LogP contribution in [0.5, 0.6) is 0 Å². The molecule has 0 bridgehead atoms. The molecule has 0 aliphatic carbocycles. The van der Waals surface area contributed by atoms with Gasteiger partial charge in [-0.2, -0.15) is 9.49 Å². The first-order chi connectivity index (χ1) is 12.1. The van der Waals surface area contributed by atoms with E-state index in [0.29, 0.717) is 16.0 Å². The summed E-state index contributed by atoms with van der Waals surface area (Å²) in [6.45, 7) is 3.54. The zero-order chi connectivity index (χ0) is 17.6. The summed E-state index contributed by atoms with van der Waals surface area (Å²) >= 11 is 1.35. The summed E-state index contributed by atoms with van der Waals surface area (Å²) < 4.78 is 26.1. The van der Waals surface area contributed by atoms with E-state index < -0.39 is 11.4 Å². The van der Waals surface area contributed by atoms with Crippen LogP contribution in [0.1, 0.15) is 11.3 Å². The highest BCUT2D eigenvalue weighted by atomic mass is 32.1. The first kappa shape index (κ1) is 16.0. The molecule has 1 aliphatic rings. The fourth-order valence-corrected chi connectivity index (χ4v) is 4.18. The minimum absolute atomic E-state index is 0.0645. The number of methoxy groups -OCH3 is 1. The maximum Gasteiger partial charge on any atom is 0.266 e. The number of fused-ring (bicyclic) bond motifs is 3. The molecule has 1 atom stereocenters. The molecule has 3 aromatic rings. The topological polar surface area (TPSA) is 80.0 Å². The molecular weight excluding hydrogens is 345 g/mol. The van der Waals surface area contributed by atoms with Crippen molar-refractivity contribution in [2.24, 2.45) is 0 Å². The average Bonchev–Trinajstić information content (AvgIpc) is 3.30. The molecule has 0 spiro atoms. The van der Waals surface area contributed by atoms with Crippen LogP contribution >= 0.6 is 11.3 Å². The molecule has 0 radical (unpaired) electrons. The second-order valence-corrected chi connectivity index (χ2v) is 6.72. The third-order valence-corrected chi connectivity index (χ3v) is 5.58. The molecular formula is C17H14FN3O3S. The van der Waals surface area contributed by atoms with Gasteiger partial charge in [-0.15, -0.1) is 11.3 Å². The summed E-state index contributed by atoms with van der Waals surface area (Å²) in [5.41, 5.74) is 2.31. The maximum atomic E-state index is 14.5. The molecule has 4 heterocycles. The van der Waals surface area contributed by atoms with E-state index in [9.17, 15) is 9.18 Å². The van der Waals surface area contributed by atoms with Gasteiger partial charge in [-0.05, 0) is 6.07 Å². The van der Waals surface area contributed by atoms with Gasteiger partial charge in [0, 0.05) is 34.7 Å². The minimum atomic E-state index is -1.54. The predicted octanol–water partition coefficient (Wildman–Crippen LogP) is 2.99. The van der Waals surface area contributed by atoms with Crippen LogP contribution in [0.2, 0.25) is 0 Å². The second-order valence-electron chi connectivity index (χ2n) is 5.66. The lowest BCUT2D eigenvalue weighted by Gasteiger charge is -2.35. The van der Waals surface area contributed by atoms with Gasteiger partial charge in [0.05, 0.1) is 25.1 Å². The molecule has 0 saturated heterocycles. The van der Waals surface area contributed by atoms with E-state index in [2.05, 4.69) is 27.5 Å². The molecule has 0 saturated carbocycles. The van der Waals surface area contributed by atoms with Crippen molar-refractivity contribution < 1.29 is 13.9 Å². The molecule has 8 heteroatoms. The number of H-pyrrole nitrogens is 2. The van der Waals surface area contributed by atoms with Crippen LogP contribution in [0, 0.1) is 0 Å². The first-order valence-corrected chi connectivity index (χ1v) is 8.29. The Bertz CT molecular complexity index is 1060. The zero-order valence-corrected chi connectivity index (χ0v) is 14.1. The Hall–Kier alpha value is -2.51. The van der Waals surface area contributed by atoms with Gasteiger partial charge in [-0.3, -0.25) is 9.89 Å². The number of aromatic nitrogens is 3. The Morgan fingerprint density at radius 3 is 3.12 bits per heavy atom. The van der Waals surface area contributed by atoms with Gasteiger partial charge in [-0.25, -0.2) is 0 Å². The highest BCUT2D eigenvalue weighted by molar-refractivity contribution is 7.22. The van der Waals surface area contributed by atoms with Crippen molar-refractivity contribution in [2.45, 2.75) is 12.2 Å². The van der Waals surface area contributed by atoms with Crippen molar-refractivity contribution in [1.29, 1.82) is 0 Å². The quantitative estimate of drug-likeness (QED) is 0.705. The minimum Gasteiger partial charge on any atom is -0.373 e. The molecule has 0 fully saturated rings. The fourth-order valence-electron chi connectivity index (χ4n) is 3.12. The predicted molar refractivity (Wildman–Crippen MR) is 92.1 cm³/mol. The normalized spacial score (nSPS) is 19.6. The smallest absolute Gasteiger partial charge is 0.266 e. The third kappa shape index (κ3) is 2.23. The van der Waals surface area contributed by atoms with Gasteiger partial charge in [-0.1, -0.05) is 12.3 Å². The number of aromatic amines is 2. The van der Waals surface area contributed by atoms with Gasteiger partial charge in [0.1, 0.15) is 4.70 Å². The van der Waals surface area contributed by atoms with Crippen LogP contribution in [0.4, 0.5) is 4.39 Å². The first-order valence-electron chi connectivity index (χ1n) is 7.48. The molecule has 0 aromatic carbocycles. The highest BCUT2D eigenvalue weighted by Gasteiger charge is 2.44. The molecule has 0 unspecified atom stereocenters. The van der Waals surface area contributed by atoms with Crippen LogP contribution in [0.15, 0.2) is 41.4 Å². The van der Waals surface area contributed by atoms with Gasteiger partial charge >= 0.3 is 0 Å². The van der Waals surface area contributed by atoms with Crippen LogP contribution in [0.3, 0.4) is 0 Å². The number of hydrogen-bond acceptors (Lipinski definition) is 5. The van der Waals surface area contributed by atoms with E-state index in [-0.39, 0.29) is 18.8 Å². The maximum absolute atomic E-state index is 14.5. The molecule has 3 aromatic heterocycles. The lowest BCUT2D eigenvalue weighted by atomic mass is 9.90. The van der Waals surface area contributed by atoms with Crippen molar-refractivity contribution in [2.75, 3.05) is 13.7 Å². The number of halogens is 1. The van der Waals surface area contributed by atoms with E-state index in [1.165, 1.54) is 18.4 Å². The SMILES string of the molecule is C=C=C(F)[C@@]1(OC)COCc2c1[nH]c(=O)c1sc(-c3cn[nH]c3)cc21. The summed E-state index contributed by atoms with van der Waals surface area (Å²) in [4.78, 5) is 16.3. The summed E-state index contributed by atoms with van der Waals surface area (Å²) in [5.74, 6) is -0.726. The number of nitrogens with one attached hydrogen (secondary N) is 2. The molecule has 4 rings (SSSR count). The van der Waals surface area contributed by atoms with Crippen LogP contribution < -0.4 is 5.56 Å². The Morgan fingerprint density at radius 2 is 2.44 bits per heavy atom. The second kappa shape index (κ2) is 5.79. The van der Waals surface area contributed by atoms with Gasteiger partial charge < -0.3 is 14.5 Å². The standard InChI is InChI=1S/C17H14FN3O3S/c1-3-13(18)17(23-2)8-24-7-11-10-4-12(9-5-19-20-6-9)25-14(10)16(22)21-15(11)17/h4-6H,1,7-8H2,2H3,(H,19,20)(H,21,22)/t17-/m0/s1. The number of hydrogen-bond donors (Lipinski definition) is 2. The Labute approximate surface area is 145 Å². The molecule has 1 aliphatic heterocycles. The Morgan fingerprint density at radius 1 is 1.60 bits per heavy atom. The van der Waals surface area contributed by atoms with E-state index in [1.807, 2.05) is 6.07 Å². The summed E-state index contributed by atoms with van der Waals surface area (Å²) in [6, 6.07) is 1.89. The van der Waals surface area contributed by atoms with Gasteiger partial charge in [0.25, 0.3) is 5.56 Å². The number of nitrogens with zero attached hydrogens (tertiary/aromatic N) is 1. The van der Waals surface area contributed by atoms with E-state index in [4.69, 9.17) is 9.47 Å². The van der Waals surface area contributed by atoms with Gasteiger partial charge in [0.2, 0.25) is 0 Å². The zero-order valence-electron chi connectivity index (χ0n) is 13.3. The monoisotopic (exact) mass is 359 g/mol. The van der Waals surface area contributed by atoms with E-state index in [0.717, 1.165) is 15.8 Å². The third-order valence-electron chi connectivity index (χ3n) is 4.40. The molecule has 25 heavy (non-hydrogen) atoms. The molecule has 6 nitrogen and oxygen atoms in total. The van der Waals surface area contributed by atoms with E-state index >= 15 is 0 Å². The summed E-state index contributed by atoms with van der Waals surface area (Å²) in [5, 5.41) is 7.40. The highest BCUT2D eigenvalue weighted by Crippen LogP contribution is 2.42. The average molecular weight is 359 g/mol. The summed E-state index contributed by atoms with van der Waals surface area (Å²) in [7, 11) is 1.36. The Balaban J connectivity index is 2.03. The molecule has 128 valence electrons. The van der Waals surface area contributed by atoms with Crippen LogP contribution in [-0.2, 0) is 21.7 Å². The van der Waals surface area contributed by atoms with Crippen molar-refractivity contribution in [3.63, 3.8) is 0 Å². The molecule has 2 N–H and O–H groups in total. The molecule has 0 amide bonds. The lowest BCUT2D eigenvalue weighted by molar-refractivity contribution is -0.0887. The van der Waals surface area contributed by atoms with Crippen molar-refractivity contribution >= 4 is 21.4 Å². The fraction of sp³-hybridized carbons (Fsp3) is 0.235. The number of ether oxygens (including phenoxy) is 2. The largest absolute Gasteiger partial charge is 0.373 e. The Kier molecular flexibility index (Phi) is 3.70. The van der Waals surface area contributed by atoms with E-state index in [1.54, 1.807) is 12.4 Å². The van der Waals surface area contributed by atoms with Crippen LogP contribution in [0.25, 0.3) is 20.5 Å². The lowest BCUT2D eigenvalue weighted by Crippen LogP contribution is -2.41. The number of pyridine rings is 1. The van der Waals surface area contributed by atoms with Crippen molar-refractivity contribution in [3.8, 4) is 10.4 Å². The van der Waals surface area contributed by atoms with Crippen molar-refractivity contribution in [3.05, 3.63) is 58.2 Å². The number of rotatable bonds is 3. The summed E-state index contributed by atoms with van der Waals surface area (Å²) in [6.07, 6.45) is 3.43. The van der Waals surface area contributed by atoms with Gasteiger partial charge in [0.15, 0.2) is 11.4 Å². The van der Waals surface area contributed by atoms with Crippen molar-refractivity contribution in [1.82, 2.24) is 15.2 Å². The van der Waals surface area contributed by atoms with Crippen LogP contribution in [-0.4, -0.2) is 28.9 Å².